The Balaban J connectivity index is 2.29. The molecule has 0 aliphatic carbocycles. The van der Waals surface area contributed by atoms with Gasteiger partial charge in [0, 0.05) is 19.3 Å². The summed E-state index contributed by atoms with van der Waals surface area (Å²) in [6.07, 6.45) is 1.58. The van der Waals surface area contributed by atoms with Crippen LogP contribution in [0, 0.1) is 11.8 Å². The Hall–Kier alpha value is -2.11. The molecule has 0 saturated carbocycles. The first-order valence-electron chi connectivity index (χ1n) is 6.05. The van der Waals surface area contributed by atoms with Crippen LogP contribution in [-0.4, -0.2) is 42.2 Å². The number of pyridine rings is 1. The SMILES string of the molecule is COC(=O)c1cccnc1N1CC(C)C(C(=O)O)C1. The Kier molecular flexibility index (Phi) is 3.69. The number of carboxylic acids is 1. The molecule has 1 saturated heterocycles. The fourth-order valence-electron chi connectivity index (χ4n) is 2.38. The van der Waals surface area contributed by atoms with Crippen molar-refractivity contribution in [3.63, 3.8) is 0 Å². The number of carboxylic acid groups (broad SMARTS) is 1. The van der Waals surface area contributed by atoms with E-state index in [0.29, 0.717) is 24.5 Å². The van der Waals surface area contributed by atoms with Crippen LogP contribution in [0.1, 0.15) is 17.3 Å². The summed E-state index contributed by atoms with van der Waals surface area (Å²) in [4.78, 5) is 28.8. The van der Waals surface area contributed by atoms with E-state index in [4.69, 9.17) is 9.84 Å². The predicted molar refractivity (Wildman–Crippen MR) is 68.1 cm³/mol. The molecule has 1 aromatic rings. The topological polar surface area (TPSA) is 79.7 Å². The number of aliphatic carboxylic acids is 1. The Morgan fingerprint density at radius 3 is 2.79 bits per heavy atom. The minimum atomic E-state index is -0.814. The second-order valence-corrected chi connectivity index (χ2v) is 4.69. The highest BCUT2D eigenvalue weighted by Crippen LogP contribution is 2.29. The molecule has 1 aliphatic heterocycles. The zero-order chi connectivity index (χ0) is 14.0. The first kappa shape index (κ1) is 13.3. The molecule has 0 amide bonds. The van der Waals surface area contributed by atoms with Gasteiger partial charge in [-0.25, -0.2) is 9.78 Å². The molecule has 6 nitrogen and oxygen atoms in total. The number of carbonyl (C=O) groups is 2. The lowest BCUT2D eigenvalue weighted by Gasteiger charge is -2.19. The van der Waals surface area contributed by atoms with E-state index >= 15 is 0 Å². The van der Waals surface area contributed by atoms with Gasteiger partial charge in [-0.3, -0.25) is 4.79 Å². The van der Waals surface area contributed by atoms with Crippen molar-refractivity contribution in [3.05, 3.63) is 23.9 Å². The third-order valence-electron chi connectivity index (χ3n) is 3.42. The van der Waals surface area contributed by atoms with Gasteiger partial charge in [-0.15, -0.1) is 0 Å². The minimum absolute atomic E-state index is 0.0185. The summed E-state index contributed by atoms with van der Waals surface area (Å²) < 4.78 is 4.72. The highest BCUT2D eigenvalue weighted by molar-refractivity contribution is 5.94. The Labute approximate surface area is 111 Å². The van der Waals surface area contributed by atoms with Crippen LogP contribution < -0.4 is 4.90 Å². The van der Waals surface area contributed by atoms with Crippen LogP contribution in [-0.2, 0) is 9.53 Å². The number of rotatable bonds is 3. The molecule has 19 heavy (non-hydrogen) atoms. The van der Waals surface area contributed by atoms with Crippen molar-refractivity contribution >= 4 is 17.8 Å². The number of ether oxygens (including phenoxy) is 1. The summed E-state index contributed by atoms with van der Waals surface area (Å²) in [5.74, 6) is -1.21. The van der Waals surface area contributed by atoms with E-state index in [1.807, 2.05) is 11.8 Å². The van der Waals surface area contributed by atoms with Crippen molar-refractivity contribution in [1.29, 1.82) is 0 Å². The van der Waals surface area contributed by atoms with Gasteiger partial charge in [0.05, 0.1) is 13.0 Å². The third kappa shape index (κ3) is 2.52. The lowest BCUT2D eigenvalue weighted by molar-refractivity contribution is -0.142. The van der Waals surface area contributed by atoms with E-state index in [1.54, 1.807) is 18.3 Å². The van der Waals surface area contributed by atoms with Crippen LogP contribution in [0.15, 0.2) is 18.3 Å². The first-order chi connectivity index (χ1) is 9.04. The Morgan fingerprint density at radius 1 is 1.47 bits per heavy atom. The van der Waals surface area contributed by atoms with Gasteiger partial charge in [0.25, 0.3) is 0 Å². The van der Waals surface area contributed by atoms with E-state index in [0.717, 1.165) is 0 Å². The second kappa shape index (κ2) is 5.26. The summed E-state index contributed by atoms with van der Waals surface area (Å²) in [6, 6.07) is 3.29. The number of aromatic nitrogens is 1. The van der Waals surface area contributed by atoms with Crippen molar-refractivity contribution in [2.45, 2.75) is 6.92 Å². The molecule has 1 fully saturated rings. The molecule has 0 radical (unpaired) electrons. The maximum absolute atomic E-state index is 11.7. The van der Waals surface area contributed by atoms with Gasteiger partial charge in [0.2, 0.25) is 0 Å². The smallest absolute Gasteiger partial charge is 0.341 e. The largest absolute Gasteiger partial charge is 0.481 e. The number of esters is 1. The van der Waals surface area contributed by atoms with Crippen LogP contribution in [0.5, 0.6) is 0 Å². The van der Waals surface area contributed by atoms with Gasteiger partial charge >= 0.3 is 11.9 Å². The van der Waals surface area contributed by atoms with Gasteiger partial charge in [-0.05, 0) is 18.1 Å². The molecule has 1 N–H and O–H groups in total. The van der Waals surface area contributed by atoms with Crippen molar-refractivity contribution < 1.29 is 19.4 Å². The molecule has 2 unspecified atom stereocenters. The quantitative estimate of drug-likeness (QED) is 0.821. The predicted octanol–water partition coefficient (Wildman–Crippen LogP) is 1.03. The third-order valence-corrected chi connectivity index (χ3v) is 3.42. The molecule has 6 heteroatoms. The van der Waals surface area contributed by atoms with Crippen LogP contribution in [0.2, 0.25) is 0 Å². The lowest BCUT2D eigenvalue weighted by atomic mass is 9.99. The van der Waals surface area contributed by atoms with Crippen molar-refractivity contribution in [1.82, 2.24) is 4.98 Å². The van der Waals surface area contributed by atoms with Crippen molar-refractivity contribution in [2.24, 2.45) is 11.8 Å². The number of nitrogens with zero attached hydrogens (tertiary/aromatic N) is 2. The van der Waals surface area contributed by atoms with Crippen molar-refractivity contribution in [2.75, 3.05) is 25.1 Å². The fraction of sp³-hybridized carbons (Fsp3) is 0.462. The van der Waals surface area contributed by atoms with E-state index in [9.17, 15) is 9.59 Å². The van der Waals surface area contributed by atoms with E-state index in [2.05, 4.69) is 4.98 Å². The molecular weight excluding hydrogens is 248 g/mol. The average Bonchev–Trinajstić information content (AvgIpc) is 2.80. The average molecular weight is 264 g/mol. The standard InChI is InChI=1S/C13H16N2O4/c1-8-6-15(7-10(8)12(16)17)11-9(13(18)19-2)4-3-5-14-11/h3-5,8,10H,6-7H2,1-2H3,(H,16,17). The summed E-state index contributed by atoms with van der Waals surface area (Å²) in [5.41, 5.74) is 0.364. The van der Waals surface area contributed by atoms with Gasteiger partial charge in [0.15, 0.2) is 0 Å². The molecule has 0 aromatic carbocycles. The Bertz CT molecular complexity index is 503. The maximum atomic E-state index is 11.7. The molecule has 1 aliphatic rings. The van der Waals surface area contributed by atoms with E-state index in [1.165, 1.54) is 7.11 Å². The molecule has 0 bridgehead atoms. The number of hydrogen-bond acceptors (Lipinski definition) is 5. The number of hydrogen-bond donors (Lipinski definition) is 1. The number of anilines is 1. The summed E-state index contributed by atoms with van der Waals surface area (Å²) in [5, 5.41) is 9.13. The second-order valence-electron chi connectivity index (χ2n) is 4.69. The van der Waals surface area contributed by atoms with Crippen LogP contribution in [0.3, 0.4) is 0 Å². The van der Waals surface area contributed by atoms with Gasteiger partial charge in [-0.2, -0.15) is 0 Å². The summed E-state index contributed by atoms with van der Waals surface area (Å²) >= 11 is 0. The fourth-order valence-corrected chi connectivity index (χ4v) is 2.38. The summed E-state index contributed by atoms with van der Waals surface area (Å²) in [7, 11) is 1.31. The minimum Gasteiger partial charge on any atom is -0.481 e. The molecule has 1 aromatic heterocycles. The van der Waals surface area contributed by atoms with E-state index < -0.39 is 17.9 Å². The van der Waals surface area contributed by atoms with Gasteiger partial charge in [-0.1, -0.05) is 6.92 Å². The lowest BCUT2D eigenvalue weighted by Crippen LogP contribution is -2.25. The van der Waals surface area contributed by atoms with Crippen LogP contribution in [0.25, 0.3) is 0 Å². The number of carbonyl (C=O) groups excluding carboxylic acids is 1. The highest BCUT2D eigenvalue weighted by atomic mass is 16.5. The number of methoxy groups -OCH3 is 1. The molecule has 102 valence electrons. The van der Waals surface area contributed by atoms with Gasteiger partial charge in [0.1, 0.15) is 11.4 Å². The van der Waals surface area contributed by atoms with Crippen molar-refractivity contribution in [3.8, 4) is 0 Å². The van der Waals surface area contributed by atoms with E-state index in [-0.39, 0.29) is 5.92 Å². The maximum Gasteiger partial charge on any atom is 0.341 e. The van der Waals surface area contributed by atoms with Crippen LogP contribution in [0.4, 0.5) is 5.82 Å². The zero-order valence-corrected chi connectivity index (χ0v) is 10.9. The Morgan fingerprint density at radius 2 is 2.21 bits per heavy atom. The van der Waals surface area contributed by atoms with Crippen LogP contribution >= 0.6 is 0 Å². The molecule has 0 spiro atoms. The molecule has 2 atom stereocenters. The normalized spacial score (nSPS) is 22.3. The summed E-state index contributed by atoms with van der Waals surface area (Å²) in [6.45, 7) is 2.81. The van der Waals surface area contributed by atoms with Gasteiger partial charge < -0.3 is 14.7 Å². The first-order valence-corrected chi connectivity index (χ1v) is 6.05. The highest BCUT2D eigenvalue weighted by Gasteiger charge is 2.36. The molecule has 2 heterocycles. The zero-order valence-electron chi connectivity index (χ0n) is 10.9. The molecular formula is C13H16N2O4. The monoisotopic (exact) mass is 264 g/mol. The molecule has 2 rings (SSSR count).